The molecule has 1 atom stereocenters. The maximum absolute atomic E-state index is 11.9. The summed E-state index contributed by atoms with van der Waals surface area (Å²) < 4.78 is 5.13. The Morgan fingerprint density at radius 2 is 2.35 bits per heavy atom. The third kappa shape index (κ3) is 3.59. The van der Waals surface area contributed by atoms with E-state index in [4.69, 9.17) is 9.68 Å². The smallest absolute Gasteiger partial charge is 0.242 e. The van der Waals surface area contributed by atoms with Gasteiger partial charge in [-0.15, -0.1) is 0 Å². The first-order valence-corrected chi connectivity index (χ1v) is 6.12. The molecule has 0 aliphatic rings. The monoisotopic (exact) mass is 270 g/mol. The normalized spacial score (nSPS) is 11.4. The van der Waals surface area contributed by atoms with Crippen LogP contribution in [0.4, 0.5) is 5.82 Å². The number of anilines is 1. The van der Waals surface area contributed by atoms with E-state index in [1.54, 1.807) is 37.5 Å². The fraction of sp³-hybridized carbons (Fsp3) is 0.214. The second-order valence-electron chi connectivity index (χ2n) is 4.21. The van der Waals surface area contributed by atoms with Gasteiger partial charge in [-0.25, -0.2) is 4.98 Å². The fourth-order valence-corrected chi connectivity index (χ4v) is 1.57. The summed E-state index contributed by atoms with van der Waals surface area (Å²) in [5.74, 6) is 1.08. The van der Waals surface area contributed by atoms with Gasteiger partial charge in [-0.2, -0.15) is 5.26 Å². The third-order valence-electron chi connectivity index (χ3n) is 2.67. The number of hydrogen-bond acceptors (Lipinski definition) is 5. The van der Waals surface area contributed by atoms with Gasteiger partial charge in [0.15, 0.2) is 0 Å². The standard InChI is InChI=1S/C14H14N4O2/c1-10(14(19)17-9-12-3-2-6-20-12)18-13-5-4-11(7-15)8-16-13/h2-6,8,10H,9H2,1H3,(H,16,18)(H,17,19). The highest BCUT2D eigenvalue weighted by atomic mass is 16.3. The Hall–Kier alpha value is -2.81. The lowest BCUT2D eigenvalue weighted by Crippen LogP contribution is -2.37. The van der Waals surface area contributed by atoms with E-state index in [9.17, 15) is 4.79 Å². The lowest BCUT2D eigenvalue weighted by molar-refractivity contribution is -0.121. The molecule has 20 heavy (non-hydrogen) atoms. The summed E-state index contributed by atoms with van der Waals surface area (Å²) in [6.07, 6.45) is 3.01. The zero-order valence-electron chi connectivity index (χ0n) is 11.0. The molecule has 2 heterocycles. The molecule has 2 N–H and O–H groups in total. The Morgan fingerprint density at radius 1 is 1.50 bits per heavy atom. The molecule has 1 unspecified atom stereocenters. The van der Waals surface area contributed by atoms with E-state index in [1.807, 2.05) is 6.07 Å². The van der Waals surface area contributed by atoms with E-state index in [0.29, 0.717) is 23.7 Å². The van der Waals surface area contributed by atoms with Crippen molar-refractivity contribution >= 4 is 11.7 Å². The van der Waals surface area contributed by atoms with Crippen molar-refractivity contribution < 1.29 is 9.21 Å². The summed E-state index contributed by atoms with van der Waals surface area (Å²) in [6, 6.07) is 8.41. The minimum Gasteiger partial charge on any atom is -0.467 e. The van der Waals surface area contributed by atoms with E-state index < -0.39 is 6.04 Å². The van der Waals surface area contributed by atoms with Crippen LogP contribution in [0.25, 0.3) is 0 Å². The van der Waals surface area contributed by atoms with Crippen molar-refractivity contribution in [2.24, 2.45) is 0 Å². The Morgan fingerprint density at radius 3 is 2.95 bits per heavy atom. The van der Waals surface area contributed by atoms with Crippen LogP contribution in [0.5, 0.6) is 0 Å². The molecule has 2 aromatic rings. The number of nitrogens with one attached hydrogen (secondary N) is 2. The summed E-state index contributed by atoms with van der Waals surface area (Å²) in [7, 11) is 0. The number of carbonyl (C=O) groups is 1. The van der Waals surface area contributed by atoms with Gasteiger partial charge >= 0.3 is 0 Å². The molecular weight excluding hydrogens is 256 g/mol. The number of aromatic nitrogens is 1. The average Bonchev–Trinajstić information content (AvgIpc) is 2.98. The fourth-order valence-electron chi connectivity index (χ4n) is 1.57. The van der Waals surface area contributed by atoms with Crippen molar-refractivity contribution in [2.45, 2.75) is 19.5 Å². The summed E-state index contributed by atoms with van der Waals surface area (Å²) >= 11 is 0. The van der Waals surface area contributed by atoms with Crippen molar-refractivity contribution in [3.8, 4) is 6.07 Å². The molecule has 0 bridgehead atoms. The molecule has 2 aromatic heterocycles. The third-order valence-corrected chi connectivity index (χ3v) is 2.67. The maximum atomic E-state index is 11.9. The molecular formula is C14H14N4O2. The quantitative estimate of drug-likeness (QED) is 0.862. The van der Waals surface area contributed by atoms with Crippen molar-refractivity contribution in [3.05, 3.63) is 48.0 Å². The summed E-state index contributed by atoms with van der Waals surface area (Å²) in [4.78, 5) is 15.9. The first-order chi connectivity index (χ1) is 9.69. The molecule has 0 aromatic carbocycles. The molecule has 0 saturated heterocycles. The van der Waals surface area contributed by atoms with Gasteiger partial charge < -0.3 is 15.1 Å². The Balaban J connectivity index is 1.85. The highest BCUT2D eigenvalue weighted by Crippen LogP contribution is 2.06. The van der Waals surface area contributed by atoms with Crippen molar-refractivity contribution in [1.29, 1.82) is 5.26 Å². The topological polar surface area (TPSA) is 91.0 Å². The molecule has 0 radical (unpaired) electrons. The van der Waals surface area contributed by atoms with Crippen molar-refractivity contribution in [2.75, 3.05) is 5.32 Å². The molecule has 1 amide bonds. The predicted octanol–water partition coefficient (Wildman–Crippen LogP) is 1.66. The molecule has 0 saturated carbocycles. The van der Waals surface area contributed by atoms with Crippen LogP contribution in [0.3, 0.4) is 0 Å². The molecule has 2 rings (SSSR count). The molecule has 102 valence electrons. The molecule has 0 aliphatic carbocycles. The van der Waals surface area contributed by atoms with E-state index in [-0.39, 0.29) is 5.91 Å². The number of carbonyl (C=O) groups excluding carboxylic acids is 1. The highest BCUT2D eigenvalue weighted by molar-refractivity contribution is 5.83. The Kier molecular flexibility index (Phi) is 4.35. The molecule has 0 aliphatic heterocycles. The van der Waals surface area contributed by atoms with Crippen LogP contribution < -0.4 is 10.6 Å². The lowest BCUT2D eigenvalue weighted by atomic mass is 10.2. The van der Waals surface area contributed by atoms with Crippen LogP contribution >= 0.6 is 0 Å². The lowest BCUT2D eigenvalue weighted by Gasteiger charge is -2.14. The number of hydrogen-bond donors (Lipinski definition) is 2. The van der Waals surface area contributed by atoms with Gasteiger partial charge in [0, 0.05) is 6.20 Å². The van der Waals surface area contributed by atoms with Crippen LogP contribution in [0, 0.1) is 11.3 Å². The van der Waals surface area contributed by atoms with Crippen molar-refractivity contribution in [1.82, 2.24) is 10.3 Å². The zero-order valence-corrected chi connectivity index (χ0v) is 11.0. The molecule has 0 spiro atoms. The van der Waals surface area contributed by atoms with E-state index in [2.05, 4.69) is 15.6 Å². The largest absolute Gasteiger partial charge is 0.467 e. The molecule has 6 heteroatoms. The molecule has 6 nitrogen and oxygen atoms in total. The van der Waals surface area contributed by atoms with E-state index >= 15 is 0 Å². The number of amides is 1. The van der Waals surface area contributed by atoms with Gasteiger partial charge in [-0.3, -0.25) is 4.79 Å². The van der Waals surface area contributed by atoms with Crippen LogP contribution in [0.1, 0.15) is 18.2 Å². The van der Waals surface area contributed by atoms with Gasteiger partial charge in [0.05, 0.1) is 18.4 Å². The minimum absolute atomic E-state index is 0.160. The first kappa shape index (κ1) is 13.6. The van der Waals surface area contributed by atoms with Gasteiger partial charge in [-0.1, -0.05) is 0 Å². The van der Waals surface area contributed by atoms with Crippen LogP contribution in [0.15, 0.2) is 41.1 Å². The summed E-state index contributed by atoms with van der Waals surface area (Å²) in [5.41, 5.74) is 0.477. The maximum Gasteiger partial charge on any atom is 0.242 e. The van der Waals surface area contributed by atoms with Gasteiger partial charge in [0.25, 0.3) is 0 Å². The SMILES string of the molecule is CC(Nc1ccc(C#N)cn1)C(=O)NCc1ccco1. The number of furan rings is 1. The second kappa shape index (κ2) is 6.38. The van der Waals surface area contributed by atoms with Crippen LogP contribution in [-0.2, 0) is 11.3 Å². The summed E-state index contributed by atoms with van der Waals surface area (Å²) in [5, 5.41) is 14.4. The minimum atomic E-state index is -0.439. The predicted molar refractivity (Wildman–Crippen MR) is 72.6 cm³/mol. The summed E-state index contributed by atoms with van der Waals surface area (Å²) in [6.45, 7) is 2.08. The van der Waals surface area contributed by atoms with Crippen LogP contribution in [-0.4, -0.2) is 16.9 Å². The Bertz CT molecular complexity index is 599. The number of nitriles is 1. The average molecular weight is 270 g/mol. The number of nitrogens with zero attached hydrogens (tertiary/aromatic N) is 2. The second-order valence-corrected chi connectivity index (χ2v) is 4.21. The number of rotatable bonds is 5. The van der Waals surface area contributed by atoms with Crippen LogP contribution in [0.2, 0.25) is 0 Å². The number of pyridine rings is 1. The molecule has 0 fully saturated rings. The zero-order chi connectivity index (χ0) is 14.4. The van der Waals surface area contributed by atoms with Gasteiger partial charge in [-0.05, 0) is 31.2 Å². The van der Waals surface area contributed by atoms with E-state index in [0.717, 1.165) is 0 Å². The van der Waals surface area contributed by atoms with Gasteiger partial charge in [0.2, 0.25) is 5.91 Å². The van der Waals surface area contributed by atoms with E-state index in [1.165, 1.54) is 6.20 Å². The van der Waals surface area contributed by atoms with Gasteiger partial charge in [0.1, 0.15) is 23.7 Å². The van der Waals surface area contributed by atoms with Crippen molar-refractivity contribution in [3.63, 3.8) is 0 Å². The first-order valence-electron chi connectivity index (χ1n) is 6.12. The Labute approximate surface area is 116 Å². The highest BCUT2D eigenvalue weighted by Gasteiger charge is 2.13.